The van der Waals surface area contributed by atoms with Gasteiger partial charge in [0.05, 0.1) is 5.71 Å². The Balaban J connectivity index is 2.72. The molecule has 1 fully saturated rings. The van der Waals surface area contributed by atoms with Crippen molar-refractivity contribution in [2.75, 3.05) is 13.1 Å². The monoisotopic (exact) mass is 318 g/mol. The smallest absolute Gasteiger partial charge is 0.0585 e. The summed E-state index contributed by atoms with van der Waals surface area (Å²) in [5.41, 5.74) is 2.92. The Morgan fingerprint density at radius 1 is 1.04 bits per heavy atom. The van der Waals surface area contributed by atoms with Gasteiger partial charge in [-0.25, -0.2) is 0 Å². The lowest BCUT2D eigenvalue weighted by molar-refractivity contribution is 0.118. The van der Waals surface area contributed by atoms with Gasteiger partial charge in [-0.15, -0.1) is 0 Å². The van der Waals surface area contributed by atoms with E-state index in [1.165, 1.54) is 69.1 Å². The van der Waals surface area contributed by atoms with Crippen LogP contribution in [0.1, 0.15) is 85.5 Å². The molecule has 1 saturated heterocycles. The summed E-state index contributed by atoms with van der Waals surface area (Å²) in [6, 6.07) is 0. The first kappa shape index (κ1) is 20.2. The molecule has 1 rings (SSSR count). The second kappa shape index (κ2) is 10.8. The average molecular weight is 319 g/mol. The molecule has 0 aromatic rings. The van der Waals surface area contributed by atoms with Crippen molar-refractivity contribution in [3.8, 4) is 0 Å². The number of aliphatic imine (C=N–C) groups is 1. The van der Waals surface area contributed by atoms with Crippen molar-refractivity contribution < 1.29 is 0 Å². The SMILES string of the molecule is C=CN=C1CN(C(C)(CCCC)CCCCCCC)C/C1=C/C. The summed E-state index contributed by atoms with van der Waals surface area (Å²) in [6.45, 7) is 15.0. The van der Waals surface area contributed by atoms with Gasteiger partial charge >= 0.3 is 0 Å². The number of hydrogen-bond acceptors (Lipinski definition) is 2. The van der Waals surface area contributed by atoms with Crippen LogP contribution < -0.4 is 0 Å². The van der Waals surface area contributed by atoms with Crippen molar-refractivity contribution >= 4 is 5.71 Å². The molecule has 0 aromatic heterocycles. The van der Waals surface area contributed by atoms with Gasteiger partial charge in [0, 0.05) is 24.8 Å². The van der Waals surface area contributed by atoms with Crippen LogP contribution >= 0.6 is 0 Å². The fourth-order valence-corrected chi connectivity index (χ4v) is 3.62. The van der Waals surface area contributed by atoms with E-state index in [9.17, 15) is 0 Å². The number of hydrogen-bond donors (Lipinski definition) is 0. The van der Waals surface area contributed by atoms with Crippen LogP contribution in [0.5, 0.6) is 0 Å². The molecule has 0 aromatic carbocycles. The van der Waals surface area contributed by atoms with Crippen LogP contribution in [-0.4, -0.2) is 29.2 Å². The molecule has 0 radical (unpaired) electrons. The molecule has 0 bridgehead atoms. The van der Waals surface area contributed by atoms with Crippen LogP contribution in [0, 0.1) is 0 Å². The minimum Gasteiger partial charge on any atom is -0.288 e. The van der Waals surface area contributed by atoms with Gasteiger partial charge in [-0.3, -0.25) is 9.89 Å². The summed E-state index contributed by atoms with van der Waals surface area (Å²) in [5, 5.41) is 0. The Kier molecular flexibility index (Phi) is 9.47. The Morgan fingerprint density at radius 3 is 2.30 bits per heavy atom. The van der Waals surface area contributed by atoms with Crippen molar-refractivity contribution in [1.29, 1.82) is 0 Å². The molecule has 0 amide bonds. The van der Waals surface area contributed by atoms with Gasteiger partial charge in [0.1, 0.15) is 0 Å². The highest BCUT2D eigenvalue weighted by Crippen LogP contribution is 2.32. The van der Waals surface area contributed by atoms with Crippen molar-refractivity contribution in [2.24, 2.45) is 4.99 Å². The van der Waals surface area contributed by atoms with Crippen molar-refractivity contribution in [1.82, 2.24) is 4.90 Å². The van der Waals surface area contributed by atoms with E-state index in [2.05, 4.69) is 50.2 Å². The fourth-order valence-electron chi connectivity index (χ4n) is 3.62. The first-order valence-electron chi connectivity index (χ1n) is 9.69. The molecule has 1 heterocycles. The minimum atomic E-state index is 0.314. The summed E-state index contributed by atoms with van der Waals surface area (Å²) < 4.78 is 0. The van der Waals surface area contributed by atoms with Crippen LogP contribution in [-0.2, 0) is 0 Å². The number of rotatable bonds is 11. The van der Waals surface area contributed by atoms with Crippen LogP contribution in [0.2, 0.25) is 0 Å². The zero-order valence-electron chi connectivity index (χ0n) is 16.0. The van der Waals surface area contributed by atoms with E-state index in [0.29, 0.717) is 5.54 Å². The van der Waals surface area contributed by atoms with Gasteiger partial charge < -0.3 is 0 Å². The molecule has 2 nitrogen and oxygen atoms in total. The molecule has 23 heavy (non-hydrogen) atoms. The lowest BCUT2D eigenvalue weighted by Crippen LogP contribution is -2.45. The summed E-state index contributed by atoms with van der Waals surface area (Å²) in [6.07, 6.45) is 16.0. The maximum absolute atomic E-state index is 4.51. The number of nitrogens with zero attached hydrogens (tertiary/aromatic N) is 2. The van der Waals surface area contributed by atoms with E-state index in [1.807, 2.05) is 0 Å². The predicted octanol–water partition coefficient (Wildman–Crippen LogP) is 6.14. The number of unbranched alkanes of at least 4 members (excludes halogenated alkanes) is 5. The van der Waals surface area contributed by atoms with Gasteiger partial charge in [-0.05, 0) is 32.3 Å². The first-order valence-corrected chi connectivity index (χ1v) is 9.69. The molecule has 0 N–H and O–H groups in total. The highest BCUT2D eigenvalue weighted by Gasteiger charge is 2.36. The summed E-state index contributed by atoms with van der Waals surface area (Å²) in [5.74, 6) is 0. The third kappa shape index (κ3) is 6.25. The third-order valence-electron chi connectivity index (χ3n) is 5.32. The van der Waals surface area contributed by atoms with Crippen molar-refractivity contribution in [2.45, 2.75) is 91.0 Å². The van der Waals surface area contributed by atoms with E-state index in [0.717, 1.165) is 13.1 Å². The second-order valence-electron chi connectivity index (χ2n) is 7.19. The van der Waals surface area contributed by atoms with Gasteiger partial charge in [-0.1, -0.05) is 71.4 Å². The minimum absolute atomic E-state index is 0.314. The lowest BCUT2D eigenvalue weighted by Gasteiger charge is -2.39. The van der Waals surface area contributed by atoms with E-state index < -0.39 is 0 Å². The number of likely N-dealkylation sites (tertiary alicyclic amines) is 1. The van der Waals surface area contributed by atoms with E-state index in [1.54, 1.807) is 6.20 Å². The molecule has 0 spiro atoms. The maximum Gasteiger partial charge on any atom is 0.0585 e. The van der Waals surface area contributed by atoms with Crippen LogP contribution in [0.15, 0.2) is 29.4 Å². The van der Waals surface area contributed by atoms with Gasteiger partial charge in [-0.2, -0.15) is 0 Å². The second-order valence-corrected chi connectivity index (χ2v) is 7.19. The largest absolute Gasteiger partial charge is 0.288 e. The zero-order valence-corrected chi connectivity index (χ0v) is 16.0. The summed E-state index contributed by atoms with van der Waals surface area (Å²) in [7, 11) is 0. The lowest BCUT2D eigenvalue weighted by atomic mass is 9.87. The van der Waals surface area contributed by atoms with Crippen molar-refractivity contribution in [3.05, 3.63) is 24.4 Å². The zero-order chi connectivity index (χ0) is 17.1. The molecule has 132 valence electrons. The highest BCUT2D eigenvalue weighted by molar-refractivity contribution is 6.04. The predicted molar refractivity (Wildman–Crippen MR) is 104 cm³/mol. The molecule has 1 aliphatic heterocycles. The Morgan fingerprint density at radius 2 is 1.70 bits per heavy atom. The van der Waals surface area contributed by atoms with Crippen LogP contribution in [0.4, 0.5) is 0 Å². The topological polar surface area (TPSA) is 15.6 Å². The van der Waals surface area contributed by atoms with Crippen molar-refractivity contribution in [3.63, 3.8) is 0 Å². The Labute approximate surface area is 144 Å². The quantitative estimate of drug-likeness (QED) is 0.418. The molecule has 1 atom stereocenters. The number of allylic oxidation sites excluding steroid dienone is 1. The van der Waals surface area contributed by atoms with Gasteiger partial charge in [0.25, 0.3) is 0 Å². The molecular weight excluding hydrogens is 280 g/mol. The molecule has 2 heteroatoms. The fraction of sp³-hybridized carbons (Fsp3) is 0.762. The van der Waals surface area contributed by atoms with E-state index in [-0.39, 0.29) is 0 Å². The molecule has 1 unspecified atom stereocenters. The van der Waals surface area contributed by atoms with Gasteiger partial charge in [0.2, 0.25) is 0 Å². The summed E-state index contributed by atoms with van der Waals surface area (Å²) in [4.78, 5) is 7.18. The Hall–Kier alpha value is -0.890. The summed E-state index contributed by atoms with van der Waals surface area (Å²) >= 11 is 0. The van der Waals surface area contributed by atoms with E-state index in [4.69, 9.17) is 0 Å². The van der Waals surface area contributed by atoms with E-state index >= 15 is 0 Å². The average Bonchev–Trinajstić information content (AvgIpc) is 2.97. The van der Waals surface area contributed by atoms with Gasteiger partial charge in [0.15, 0.2) is 0 Å². The third-order valence-corrected chi connectivity index (χ3v) is 5.32. The Bertz CT molecular complexity index is 408. The van der Waals surface area contributed by atoms with Crippen LogP contribution in [0.25, 0.3) is 0 Å². The maximum atomic E-state index is 4.51. The van der Waals surface area contributed by atoms with Crippen LogP contribution in [0.3, 0.4) is 0 Å². The normalized spacial score (nSPS) is 21.9. The molecular formula is C21H38N2. The first-order chi connectivity index (χ1) is 11.1. The standard InChI is InChI=1S/C21H38N2/c1-6-10-12-13-14-16-21(5,15-11-7-2)23-17-19(8-3)20(18-23)22-9-4/h8-9H,4,6-7,10-18H2,1-3,5H3/b19-8-,22-20?. The molecule has 1 aliphatic rings. The molecule has 0 saturated carbocycles. The molecule has 0 aliphatic carbocycles. The highest BCUT2D eigenvalue weighted by atomic mass is 15.2.